The summed E-state index contributed by atoms with van der Waals surface area (Å²) in [6.45, 7) is 3.89. The van der Waals surface area contributed by atoms with E-state index in [0.29, 0.717) is 19.8 Å². The number of nitrogens with one attached hydrogen (secondary N) is 1. The summed E-state index contributed by atoms with van der Waals surface area (Å²) in [6, 6.07) is 18.5. The summed E-state index contributed by atoms with van der Waals surface area (Å²) in [5.41, 5.74) is 4.54. The zero-order chi connectivity index (χ0) is 24.1. The van der Waals surface area contributed by atoms with Gasteiger partial charge in [-0.3, -0.25) is 0 Å². The quantitative estimate of drug-likeness (QED) is 0.192. The van der Waals surface area contributed by atoms with Gasteiger partial charge in [-0.1, -0.05) is 90.0 Å². The van der Waals surface area contributed by atoms with Gasteiger partial charge >= 0.3 is 27.0 Å². The molecule has 0 fully saturated rings. The molecule has 0 radical (unpaired) electrons. The summed E-state index contributed by atoms with van der Waals surface area (Å²) in [6.07, 6.45) is 7.58. The number of halogens is 1. The van der Waals surface area contributed by atoms with E-state index in [1.54, 1.807) is 0 Å². The minimum atomic E-state index is -3.54. The van der Waals surface area contributed by atoms with Crippen molar-refractivity contribution >= 4 is 19.7 Å². The molecule has 186 valence electrons. The first-order valence-electron chi connectivity index (χ1n) is 10.7. The first kappa shape index (κ1) is 30.7. The van der Waals surface area contributed by atoms with E-state index in [4.69, 9.17) is 4.74 Å². The van der Waals surface area contributed by atoms with Crippen LogP contribution in [0.4, 0.5) is 0 Å². The Morgan fingerprint density at radius 3 is 2.12 bits per heavy atom. The average Bonchev–Trinajstić information content (AvgIpc) is 2.83. The maximum atomic E-state index is 12.1. The molecule has 0 aliphatic heterocycles. The average molecular weight is 591 g/mol. The van der Waals surface area contributed by atoms with E-state index >= 15 is 0 Å². The van der Waals surface area contributed by atoms with Crippen LogP contribution < -0.4 is 5.32 Å². The van der Waals surface area contributed by atoms with Crippen LogP contribution in [0.15, 0.2) is 84.0 Å². The van der Waals surface area contributed by atoms with Crippen molar-refractivity contribution in [2.24, 2.45) is 0 Å². The van der Waals surface area contributed by atoms with Crippen molar-refractivity contribution in [2.45, 2.75) is 31.8 Å². The van der Waals surface area contributed by atoms with E-state index in [1.165, 1.54) is 11.1 Å². The Labute approximate surface area is 219 Å². The Kier molecular flexibility index (Phi) is 14.8. The normalized spacial score (nSPS) is 15.0. The van der Waals surface area contributed by atoms with Gasteiger partial charge in [0, 0.05) is 18.8 Å². The molecule has 34 heavy (non-hydrogen) atoms. The van der Waals surface area contributed by atoms with Gasteiger partial charge in [0.15, 0.2) is 0 Å². The van der Waals surface area contributed by atoms with Crippen molar-refractivity contribution in [3.05, 3.63) is 107 Å². The summed E-state index contributed by atoms with van der Waals surface area (Å²) in [5, 5.41) is 3.49. The van der Waals surface area contributed by atoms with E-state index in [-0.39, 0.29) is 13.5 Å². The van der Waals surface area contributed by atoms with Crippen LogP contribution >= 0.6 is 9.69 Å². The molecule has 0 saturated carbocycles. The number of rotatable bonds is 11. The molecule has 8 heteroatoms. The Bertz CT molecular complexity index is 999. The molecular weight excluding hydrogens is 557 g/mol. The van der Waals surface area contributed by atoms with Crippen LogP contribution in [0.25, 0.3) is 4.72 Å². The van der Waals surface area contributed by atoms with Crippen molar-refractivity contribution in [3.8, 4) is 0 Å². The van der Waals surface area contributed by atoms with Gasteiger partial charge in [-0.25, -0.2) is 8.42 Å². The molecule has 0 aromatic heterocycles. The fourth-order valence-corrected chi connectivity index (χ4v) is 4.29. The molecule has 2 atom stereocenters. The van der Waals surface area contributed by atoms with E-state index in [9.17, 15) is 8.42 Å². The summed E-state index contributed by atoms with van der Waals surface area (Å²) in [5.74, 6) is 0. The van der Waals surface area contributed by atoms with Gasteiger partial charge in [-0.2, -0.15) is 0 Å². The molecule has 2 unspecified atom stereocenters. The van der Waals surface area contributed by atoms with Gasteiger partial charge in [0.1, 0.15) is 0 Å². The maximum absolute atomic E-state index is 12.1. The van der Waals surface area contributed by atoms with Gasteiger partial charge in [0.2, 0.25) is 0 Å². The third kappa shape index (κ3) is 10.9. The van der Waals surface area contributed by atoms with E-state index in [0.717, 1.165) is 30.2 Å². The molecule has 3 rings (SSSR count). The van der Waals surface area contributed by atoms with Crippen molar-refractivity contribution in [3.63, 3.8) is 0 Å². The second-order valence-corrected chi connectivity index (χ2v) is 9.60. The molecule has 2 aromatic rings. The zero-order valence-corrected chi connectivity index (χ0v) is 23.2. The Hall–Kier alpha value is -1.34. The van der Waals surface area contributed by atoms with Crippen LogP contribution in [-0.2, 0) is 32.1 Å². The SMILES string of the molecule is CC1=CC=C(COCCNC(c2ccccc2)C([N-]S(C)(=O)=O)c2ccccc2)CC1.[CH3-].[Cl][Ru+3]. The fourth-order valence-electron chi connectivity index (χ4n) is 3.64. The number of ether oxygens (including phenoxy) is 1. The molecule has 5 nitrogen and oxygen atoms in total. The second kappa shape index (κ2) is 16.4. The molecule has 0 heterocycles. The topological polar surface area (TPSA) is 69.5 Å². The third-order valence-corrected chi connectivity index (χ3v) is 5.87. The molecule has 1 aliphatic carbocycles. The Balaban J connectivity index is 0.00000188. The standard InChI is InChI=1S/C25H31N2O3S.CH3.ClH.Ru/c1-20-13-15-21(16-14-20)19-30-18-17-26-24(22-9-5-3-6-10-22)25(27-31(2,28)29)23-11-7-4-8-12-23;;;/h3-13,15,24-26H,14,16-19H2,1-2H3;1H3;1H;/q2*-1;;+4/p-1. The van der Waals surface area contributed by atoms with Gasteiger partial charge in [0.25, 0.3) is 0 Å². The second-order valence-electron chi connectivity index (χ2n) is 7.93. The number of hydrogen-bond donors (Lipinski definition) is 1. The number of allylic oxidation sites excluding steroid dienone is 3. The molecular formula is C26H34ClN2O3RuS+. The fraction of sp³-hybridized carbons (Fsp3) is 0.346. The van der Waals surface area contributed by atoms with E-state index in [1.807, 2.05) is 78.0 Å². The summed E-state index contributed by atoms with van der Waals surface area (Å²) in [4.78, 5) is 0. The van der Waals surface area contributed by atoms with Crippen LogP contribution in [0.2, 0.25) is 0 Å². The molecule has 0 saturated heterocycles. The predicted molar refractivity (Wildman–Crippen MR) is 139 cm³/mol. The molecule has 0 bridgehead atoms. The van der Waals surface area contributed by atoms with Crippen LogP contribution in [0.3, 0.4) is 0 Å². The number of benzene rings is 2. The van der Waals surface area contributed by atoms with Gasteiger partial charge in [0.05, 0.1) is 23.2 Å². The van der Waals surface area contributed by atoms with Crippen LogP contribution in [-0.4, -0.2) is 34.4 Å². The van der Waals surface area contributed by atoms with Crippen LogP contribution in [0, 0.1) is 7.43 Å². The monoisotopic (exact) mass is 591 g/mol. The van der Waals surface area contributed by atoms with Gasteiger partial charge in [-0.15, -0.1) is 0 Å². The Morgan fingerprint density at radius 1 is 1.00 bits per heavy atom. The molecule has 1 aliphatic rings. The minimum absolute atomic E-state index is 0. The van der Waals surface area contributed by atoms with E-state index < -0.39 is 16.1 Å². The van der Waals surface area contributed by atoms with Crippen LogP contribution in [0.5, 0.6) is 0 Å². The number of sulfonamides is 1. The van der Waals surface area contributed by atoms with E-state index in [2.05, 4.69) is 38.8 Å². The van der Waals surface area contributed by atoms with Crippen molar-refractivity contribution in [2.75, 3.05) is 26.0 Å². The summed E-state index contributed by atoms with van der Waals surface area (Å²) >= 11 is 1.82. The molecule has 1 N–H and O–H groups in total. The predicted octanol–water partition coefficient (Wildman–Crippen LogP) is 6.21. The van der Waals surface area contributed by atoms with Crippen molar-refractivity contribution in [1.29, 1.82) is 0 Å². The van der Waals surface area contributed by atoms with Crippen LogP contribution in [0.1, 0.15) is 43.0 Å². The van der Waals surface area contributed by atoms with Crippen molar-refractivity contribution in [1.82, 2.24) is 5.32 Å². The number of nitrogens with zero attached hydrogens (tertiary/aromatic N) is 1. The molecule has 0 spiro atoms. The third-order valence-electron chi connectivity index (χ3n) is 5.26. The molecule has 0 amide bonds. The summed E-state index contributed by atoms with van der Waals surface area (Å²) in [7, 11) is 1.03. The van der Waals surface area contributed by atoms with Gasteiger partial charge < -0.3 is 22.2 Å². The zero-order valence-electron chi connectivity index (χ0n) is 19.9. The number of hydrogen-bond acceptors (Lipinski definition) is 4. The Morgan fingerprint density at radius 2 is 1.59 bits per heavy atom. The molecule has 2 aromatic carbocycles. The van der Waals surface area contributed by atoms with Crippen molar-refractivity contribution < 1.29 is 30.5 Å². The first-order valence-corrected chi connectivity index (χ1v) is 14.8. The first-order chi connectivity index (χ1) is 15.9. The van der Waals surface area contributed by atoms with Gasteiger partial charge in [-0.05, 0) is 30.9 Å². The summed E-state index contributed by atoms with van der Waals surface area (Å²) < 4.78 is 34.3.